The summed E-state index contributed by atoms with van der Waals surface area (Å²) in [6, 6.07) is 0. The number of carboxylic acids is 1. The molecule has 0 aliphatic carbocycles. The number of hydrogen-bond donors (Lipinski definition) is 1. The van der Waals surface area contributed by atoms with E-state index in [2.05, 4.69) is 4.90 Å². The number of ether oxygens (including phenoxy) is 2. The van der Waals surface area contributed by atoms with Crippen molar-refractivity contribution in [3.63, 3.8) is 0 Å². The number of halogens is 3. The van der Waals surface area contributed by atoms with Gasteiger partial charge in [-0.1, -0.05) is 0 Å². The molecule has 2 unspecified atom stereocenters. The summed E-state index contributed by atoms with van der Waals surface area (Å²) in [4.78, 5) is 11.0. The molecule has 2 rings (SSSR count). The molecule has 2 heterocycles. The second kappa shape index (κ2) is 9.50. The van der Waals surface area contributed by atoms with Gasteiger partial charge in [0.05, 0.1) is 25.6 Å². The molecule has 27 heavy (non-hydrogen) atoms. The van der Waals surface area contributed by atoms with Crippen molar-refractivity contribution in [1.82, 2.24) is 9.21 Å². The summed E-state index contributed by atoms with van der Waals surface area (Å²) in [5.74, 6) is -2.19. The molecule has 8 nitrogen and oxygen atoms in total. The van der Waals surface area contributed by atoms with E-state index >= 15 is 0 Å². The molecule has 2 saturated heterocycles. The minimum atomic E-state index is -5.08. The third kappa shape index (κ3) is 7.53. The first-order valence-electron chi connectivity index (χ1n) is 8.46. The van der Waals surface area contributed by atoms with Crippen LogP contribution in [0.5, 0.6) is 0 Å². The Balaban J connectivity index is 0.000000445. The number of alkyl halides is 3. The molecule has 12 heteroatoms. The number of nitrogens with zero attached hydrogens (tertiary/aromatic N) is 2. The lowest BCUT2D eigenvalue weighted by molar-refractivity contribution is -0.192. The van der Waals surface area contributed by atoms with Crippen LogP contribution in [0.15, 0.2) is 0 Å². The van der Waals surface area contributed by atoms with Gasteiger partial charge in [-0.15, -0.1) is 0 Å². The molecule has 2 aliphatic heterocycles. The van der Waals surface area contributed by atoms with Gasteiger partial charge in [-0.3, -0.25) is 0 Å². The van der Waals surface area contributed by atoms with Crippen LogP contribution in [0.2, 0.25) is 0 Å². The number of hydrogen-bond acceptors (Lipinski definition) is 6. The molecule has 0 saturated carbocycles. The minimum Gasteiger partial charge on any atom is -0.475 e. The monoisotopic (exact) mass is 420 g/mol. The molecule has 0 aromatic carbocycles. The fraction of sp³-hybridized carbons (Fsp3) is 0.933. The molecule has 2 fully saturated rings. The topological polar surface area (TPSA) is 96.4 Å². The summed E-state index contributed by atoms with van der Waals surface area (Å²) >= 11 is 0. The lowest BCUT2D eigenvalue weighted by atomic mass is 9.94. The van der Waals surface area contributed by atoms with Crippen LogP contribution in [-0.2, 0) is 24.3 Å². The normalized spacial score (nSPS) is 27.3. The molecular formula is C15H27F3N2O6S. The van der Waals surface area contributed by atoms with Gasteiger partial charge in [0.25, 0.3) is 0 Å². The van der Waals surface area contributed by atoms with Crippen molar-refractivity contribution in [2.75, 3.05) is 59.3 Å². The Morgan fingerprint density at radius 1 is 1.37 bits per heavy atom. The highest BCUT2D eigenvalue weighted by atomic mass is 32.2. The van der Waals surface area contributed by atoms with E-state index in [0.29, 0.717) is 38.8 Å². The lowest BCUT2D eigenvalue weighted by Crippen LogP contribution is -2.46. The van der Waals surface area contributed by atoms with Crippen molar-refractivity contribution >= 4 is 16.0 Å². The van der Waals surface area contributed by atoms with Gasteiger partial charge in [0.1, 0.15) is 5.60 Å². The van der Waals surface area contributed by atoms with E-state index in [0.717, 1.165) is 13.0 Å². The van der Waals surface area contributed by atoms with Crippen molar-refractivity contribution in [3.05, 3.63) is 0 Å². The van der Waals surface area contributed by atoms with Crippen LogP contribution in [0, 0.1) is 5.92 Å². The fourth-order valence-electron chi connectivity index (χ4n) is 3.07. The average molecular weight is 420 g/mol. The summed E-state index contributed by atoms with van der Waals surface area (Å²) in [6.45, 7) is 5.12. The van der Waals surface area contributed by atoms with Crippen LogP contribution in [0.1, 0.15) is 13.3 Å². The number of sulfonamides is 1. The molecule has 1 N–H and O–H groups in total. The molecule has 0 aromatic heterocycles. The Hall–Kier alpha value is -0.950. The van der Waals surface area contributed by atoms with Crippen LogP contribution >= 0.6 is 0 Å². The Labute approximate surface area is 157 Å². The zero-order valence-electron chi connectivity index (χ0n) is 15.7. The maximum atomic E-state index is 12.1. The Morgan fingerprint density at radius 3 is 2.44 bits per heavy atom. The van der Waals surface area contributed by atoms with Crippen molar-refractivity contribution < 1.29 is 41.0 Å². The maximum absolute atomic E-state index is 12.1. The zero-order valence-corrected chi connectivity index (χ0v) is 16.5. The van der Waals surface area contributed by atoms with E-state index in [4.69, 9.17) is 19.4 Å². The first-order chi connectivity index (χ1) is 12.3. The first kappa shape index (κ1) is 24.1. The van der Waals surface area contributed by atoms with Gasteiger partial charge in [0, 0.05) is 19.6 Å². The van der Waals surface area contributed by atoms with Crippen LogP contribution in [0.25, 0.3) is 0 Å². The van der Waals surface area contributed by atoms with E-state index in [9.17, 15) is 21.6 Å². The summed E-state index contributed by atoms with van der Waals surface area (Å²) in [7, 11) is 0.903. The largest absolute Gasteiger partial charge is 0.490 e. The highest BCUT2D eigenvalue weighted by Crippen LogP contribution is 2.33. The summed E-state index contributed by atoms with van der Waals surface area (Å²) < 4.78 is 69.1. The van der Waals surface area contributed by atoms with E-state index in [-0.39, 0.29) is 5.75 Å². The van der Waals surface area contributed by atoms with Gasteiger partial charge in [0.15, 0.2) is 0 Å². The quantitative estimate of drug-likeness (QED) is 0.713. The average Bonchev–Trinajstić information content (AvgIpc) is 2.78. The third-order valence-electron chi connectivity index (χ3n) is 4.22. The number of carboxylic acid groups (broad SMARTS) is 1. The van der Waals surface area contributed by atoms with E-state index < -0.39 is 27.8 Å². The highest BCUT2D eigenvalue weighted by molar-refractivity contribution is 7.89. The molecule has 2 aliphatic rings. The lowest BCUT2D eigenvalue weighted by Gasteiger charge is -2.30. The van der Waals surface area contributed by atoms with Crippen molar-refractivity contribution in [2.45, 2.75) is 25.1 Å². The fourth-order valence-corrected chi connectivity index (χ4v) is 4.22. The molecule has 0 amide bonds. The summed E-state index contributed by atoms with van der Waals surface area (Å²) in [6.07, 6.45) is -4.22. The SMILES string of the molecule is CCS(=O)(=O)N1CCOCC2(CC(CN(C)C)CO2)C1.O=C(O)C(F)(F)F. The maximum Gasteiger partial charge on any atom is 0.490 e. The molecule has 0 radical (unpaired) electrons. The van der Waals surface area contributed by atoms with Gasteiger partial charge >= 0.3 is 12.1 Å². The third-order valence-corrected chi connectivity index (χ3v) is 6.05. The first-order valence-corrected chi connectivity index (χ1v) is 10.1. The van der Waals surface area contributed by atoms with Gasteiger partial charge in [-0.05, 0) is 33.4 Å². The predicted octanol–water partition coefficient (Wildman–Crippen LogP) is 0.639. The molecule has 160 valence electrons. The highest BCUT2D eigenvalue weighted by Gasteiger charge is 2.45. The molecular weight excluding hydrogens is 393 g/mol. The molecule has 1 spiro atoms. The second-order valence-electron chi connectivity index (χ2n) is 6.92. The minimum absolute atomic E-state index is 0.129. The van der Waals surface area contributed by atoms with Crippen LogP contribution in [0.3, 0.4) is 0 Å². The van der Waals surface area contributed by atoms with Crippen LogP contribution in [0.4, 0.5) is 13.2 Å². The van der Waals surface area contributed by atoms with E-state index in [1.807, 2.05) is 14.1 Å². The smallest absolute Gasteiger partial charge is 0.475 e. The van der Waals surface area contributed by atoms with E-state index in [1.54, 1.807) is 6.92 Å². The number of rotatable bonds is 4. The van der Waals surface area contributed by atoms with Gasteiger partial charge in [-0.25, -0.2) is 13.2 Å². The van der Waals surface area contributed by atoms with Crippen molar-refractivity contribution in [2.24, 2.45) is 5.92 Å². The summed E-state index contributed by atoms with van der Waals surface area (Å²) in [5, 5.41) is 7.12. The number of carbonyl (C=O) groups is 1. The van der Waals surface area contributed by atoms with Gasteiger partial charge in [-0.2, -0.15) is 17.5 Å². The van der Waals surface area contributed by atoms with Gasteiger partial charge < -0.3 is 19.5 Å². The molecule has 0 bridgehead atoms. The van der Waals surface area contributed by atoms with Crippen molar-refractivity contribution in [3.8, 4) is 0 Å². The predicted molar refractivity (Wildman–Crippen MR) is 90.9 cm³/mol. The number of aliphatic carboxylic acids is 1. The van der Waals surface area contributed by atoms with Crippen LogP contribution < -0.4 is 0 Å². The second-order valence-corrected chi connectivity index (χ2v) is 9.17. The Bertz CT molecular complexity index is 599. The van der Waals surface area contributed by atoms with Crippen molar-refractivity contribution in [1.29, 1.82) is 0 Å². The Morgan fingerprint density at radius 2 is 1.96 bits per heavy atom. The molecule has 2 atom stereocenters. The zero-order chi connectivity index (χ0) is 20.9. The van der Waals surface area contributed by atoms with Gasteiger partial charge in [0.2, 0.25) is 10.0 Å². The standard InChI is InChI=1S/C13H26N2O4S.C2HF3O2/c1-4-20(16,17)15-5-6-18-11-13(10-15)7-12(9-19-13)8-14(2)3;3-2(4,5)1(6)7/h12H,4-11H2,1-3H3;(H,6,7). The van der Waals surface area contributed by atoms with E-state index in [1.165, 1.54) is 4.31 Å². The Kier molecular flexibility index (Phi) is 8.48. The molecule has 0 aromatic rings. The van der Waals surface area contributed by atoms with Crippen LogP contribution in [-0.4, -0.2) is 99.8 Å². The summed E-state index contributed by atoms with van der Waals surface area (Å²) in [5.41, 5.74) is -0.459.